The molecule has 1 amide bonds. The number of hydrogen-bond acceptors (Lipinski definition) is 4. The van der Waals surface area contributed by atoms with Crippen LogP contribution in [0.4, 0.5) is 0 Å². The lowest BCUT2D eigenvalue weighted by molar-refractivity contribution is 0.0949. The normalized spacial score (nSPS) is 10.3. The van der Waals surface area contributed by atoms with Gasteiger partial charge in [0.05, 0.1) is 5.56 Å². The summed E-state index contributed by atoms with van der Waals surface area (Å²) in [5, 5.41) is 21.4. The van der Waals surface area contributed by atoms with Gasteiger partial charge in [-0.3, -0.25) is 4.79 Å². The number of nitrogens with one attached hydrogen (secondary N) is 1. The van der Waals surface area contributed by atoms with Gasteiger partial charge in [-0.15, -0.1) is 0 Å². The molecule has 0 atom stereocenters. The van der Waals surface area contributed by atoms with E-state index in [0.29, 0.717) is 6.54 Å². The van der Waals surface area contributed by atoms with Crippen molar-refractivity contribution in [3.05, 3.63) is 23.8 Å². The van der Waals surface area contributed by atoms with Crippen LogP contribution in [0, 0.1) is 0 Å². The summed E-state index contributed by atoms with van der Waals surface area (Å²) < 4.78 is 4.92. The second-order valence-corrected chi connectivity index (χ2v) is 4.01. The van der Waals surface area contributed by atoms with E-state index in [1.54, 1.807) is 7.11 Å². The highest BCUT2D eigenvalue weighted by molar-refractivity contribution is 5.97. The van der Waals surface area contributed by atoms with Gasteiger partial charge in [0.2, 0.25) is 0 Å². The third-order valence-corrected chi connectivity index (χ3v) is 2.54. The summed E-state index contributed by atoms with van der Waals surface area (Å²) in [5.74, 6) is -0.558. The number of phenolic OH excluding ortho intramolecular Hbond substituents is 2. The Bertz CT molecular complexity index is 393. The lowest BCUT2D eigenvalue weighted by Gasteiger charge is -2.07. The number of unbranched alkanes of at least 4 members (excludes halogenated alkanes) is 2. The molecule has 3 N–H and O–H groups in total. The molecule has 100 valence electrons. The number of hydrogen-bond donors (Lipinski definition) is 3. The third-order valence-electron chi connectivity index (χ3n) is 2.54. The summed E-state index contributed by atoms with van der Waals surface area (Å²) in [4.78, 5) is 11.7. The number of aromatic hydroxyl groups is 2. The Morgan fingerprint density at radius 3 is 2.78 bits per heavy atom. The Balaban J connectivity index is 2.34. The maximum absolute atomic E-state index is 11.7. The second-order valence-electron chi connectivity index (χ2n) is 4.01. The molecule has 0 aliphatic heterocycles. The van der Waals surface area contributed by atoms with Crippen LogP contribution in [0.25, 0.3) is 0 Å². The fraction of sp³-hybridized carbons (Fsp3) is 0.462. The van der Waals surface area contributed by atoms with E-state index in [2.05, 4.69) is 5.32 Å². The Morgan fingerprint density at radius 2 is 2.06 bits per heavy atom. The van der Waals surface area contributed by atoms with Gasteiger partial charge in [0, 0.05) is 20.3 Å². The van der Waals surface area contributed by atoms with Crippen molar-refractivity contribution in [3.8, 4) is 11.5 Å². The van der Waals surface area contributed by atoms with Crippen LogP contribution in [0.15, 0.2) is 18.2 Å². The number of amides is 1. The summed E-state index contributed by atoms with van der Waals surface area (Å²) in [7, 11) is 1.66. The molecule has 5 heteroatoms. The molecule has 0 heterocycles. The summed E-state index contributed by atoms with van der Waals surface area (Å²) in [6.07, 6.45) is 2.79. The van der Waals surface area contributed by atoms with Crippen LogP contribution in [-0.2, 0) is 4.74 Å². The van der Waals surface area contributed by atoms with Crippen LogP contribution in [0.3, 0.4) is 0 Å². The molecule has 0 bridgehead atoms. The van der Waals surface area contributed by atoms with Crippen molar-refractivity contribution in [2.75, 3.05) is 20.3 Å². The first-order chi connectivity index (χ1) is 8.65. The van der Waals surface area contributed by atoms with Crippen LogP contribution in [-0.4, -0.2) is 36.4 Å². The van der Waals surface area contributed by atoms with E-state index in [9.17, 15) is 15.0 Å². The van der Waals surface area contributed by atoms with Crippen LogP contribution in [0.5, 0.6) is 11.5 Å². The topological polar surface area (TPSA) is 78.8 Å². The third kappa shape index (κ3) is 4.63. The van der Waals surface area contributed by atoms with E-state index in [1.165, 1.54) is 18.2 Å². The molecule has 0 saturated carbocycles. The zero-order valence-corrected chi connectivity index (χ0v) is 10.5. The van der Waals surface area contributed by atoms with Crippen molar-refractivity contribution in [3.63, 3.8) is 0 Å². The summed E-state index contributed by atoms with van der Waals surface area (Å²) in [5.41, 5.74) is 0.0897. The van der Waals surface area contributed by atoms with Gasteiger partial charge in [-0.2, -0.15) is 0 Å². The van der Waals surface area contributed by atoms with Gasteiger partial charge in [-0.25, -0.2) is 0 Å². The first-order valence-electron chi connectivity index (χ1n) is 5.94. The average molecular weight is 253 g/mol. The number of phenols is 2. The Kier molecular flexibility index (Phi) is 6.00. The lowest BCUT2D eigenvalue weighted by atomic mass is 10.1. The van der Waals surface area contributed by atoms with E-state index in [1.807, 2.05) is 0 Å². The van der Waals surface area contributed by atoms with E-state index >= 15 is 0 Å². The molecule has 18 heavy (non-hydrogen) atoms. The zero-order chi connectivity index (χ0) is 13.4. The molecular formula is C13H19NO4. The van der Waals surface area contributed by atoms with Gasteiger partial charge < -0.3 is 20.3 Å². The predicted octanol–water partition coefficient (Wildman–Crippen LogP) is 1.64. The molecule has 0 aromatic heterocycles. The summed E-state index contributed by atoms with van der Waals surface area (Å²) >= 11 is 0. The van der Waals surface area contributed by atoms with E-state index in [0.717, 1.165) is 25.9 Å². The smallest absolute Gasteiger partial charge is 0.255 e. The van der Waals surface area contributed by atoms with Crippen molar-refractivity contribution < 1.29 is 19.7 Å². The minimum absolute atomic E-state index is 0.0435. The molecule has 0 aliphatic rings. The van der Waals surface area contributed by atoms with Crippen molar-refractivity contribution in [1.29, 1.82) is 0 Å². The predicted molar refractivity (Wildman–Crippen MR) is 67.8 cm³/mol. The van der Waals surface area contributed by atoms with Gasteiger partial charge in [0.1, 0.15) is 11.5 Å². The largest absolute Gasteiger partial charge is 0.508 e. The second kappa shape index (κ2) is 7.55. The fourth-order valence-electron chi connectivity index (χ4n) is 1.55. The van der Waals surface area contributed by atoms with Gasteiger partial charge in [-0.05, 0) is 37.5 Å². The van der Waals surface area contributed by atoms with Crippen LogP contribution in [0.1, 0.15) is 29.6 Å². The molecule has 1 rings (SSSR count). The molecule has 0 saturated heterocycles. The zero-order valence-electron chi connectivity index (χ0n) is 10.5. The molecule has 0 aliphatic carbocycles. The number of methoxy groups -OCH3 is 1. The number of benzene rings is 1. The number of carbonyl (C=O) groups is 1. The minimum atomic E-state index is -0.379. The lowest BCUT2D eigenvalue weighted by Crippen LogP contribution is -2.24. The van der Waals surface area contributed by atoms with Crippen LogP contribution in [0.2, 0.25) is 0 Å². The molecular weight excluding hydrogens is 234 g/mol. The SMILES string of the molecule is COCCCCCNC(=O)c1cc(O)ccc1O. The van der Waals surface area contributed by atoms with Crippen molar-refractivity contribution in [2.45, 2.75) is 19.3 Å². The monoisotopic (exact) mass is 253 g/mol. The highest BCUT2D eigenvalue weighted by Gasteiger charge is 2.10. The molecule has 0 fully saturated rings. The van der Waals surface area contributed by atoms with Gasteiger partial charge in [0.15, 0.2) is 0 Å². The van der Waals surface area contributed by atoms with Gasteiger partial charge >= 0.3 is 0 Å². The van der Waals surface area contributed by atoms with Gasteiger partial charge in [-0.1, -0.05) is 0 Å². The Labute approximate surface area is 106 Å². The molecule has 5 nitrogen and oxygen atoms in total. The highest BCUT2D eigenvalue weighted by Crippen LogP contribution is 2.21. The Hall–Kier alpha value is -1.75. The average Bonchev–Trinajstić information content (AvgIpc) is 2.36. The molecule has 0 radical (unpaired) electrons. The first kappa shape index (κ1) is 14.3. The van der Waals surface area contributed by atoms with Gasteiger partial charge in [0.25, 0.3) is 5.91 Å². The maximum Gasteiger partial charge on any atom is 0.255 e. The molecule has 0 spiro atoms. The highest BCUT2D eigenvalue weighted by atomic mass is 16.5. The van der Waals surface area contributed by atoms with E-state index in [4.69, 9.17) is 4.74 Å². The van der Waals surface area contributed by atoms with Crippen molar-refractivity contribution in [2.24, 2.45) is 0 Å². The summed E-state index contributed by atoms with van der Waals surface area (Å²) in [6, 6.07) is 3.87. The molecule has 0 unspecified atom stereocenters. The molecule has 1 aromatic carbocycles. The number of ether oxygens (including phenoxy) is 1. The quantitative estimate of drug-likeness (QED) is 0.510. The Morgan fingerprint density at radius 1 is 1.28 bits per heavy atom. The standard InChI is InChI=1S/C13H19NO4/c1-18-8-4-2-3-7-14-13(17)11-9-10(15)5-6-12(11)16/h5-6,9,15-16H,2-4,7-8H2,1H3,(H,14,17). The van der Waals surface area contributed by atoms with Crippen LogP contribution < -0.4 is 5.32 Å². The molecule has 1 aromatic rings. The fourth-order valence-corrected chi connectivity index (χ4v) is 1.55. The number of carbonyl (C=O) groups excluding carboxylic acids is 1. The van der Waals surface area contributed by atoms with E-state index in [-0.39, 0.29) is 23.0 Å². The summed E-state index contributed by atoms with van der Waals surface area (Å²) in [6.45, 7) is 1.26. The van der Waals surface area contributed by atoms with E-state index < -0.39 is 0 Å². The maximum atomic E-state index is 11.7. The number of rotatable bonds is 7. The van der Waals surface area contributed by atoms with Crippen LogP contribution >= 0.6 is 0 Å². The minimum Gasteiger partial charge on any atom is -0.508 e. The van der Waals surface area contributed by atoms with Crippen molar-refractivity contribution in [1.82, 2.24) is 5.32 Å². The van der Waals surface area contributed by atoms with Crippen molar-refractivity contribution >= 4 is 5.91 Å². The first-order valence-corrected chi connectivity index (χ1v) is 5.94.